The summed E-state index contributed by atoms with van der Waals surface area (Å²) in [5.74, 6) is -1.11. The van der Waals surface area contributed by atoms with Crippen LogP contribution >= 0.6 is 11.3 Å². The number of hydrogen-bond acceptors (Lipinski definition) is 3. The van der Waals surface area contributed by atoms with E-state index in [4.69, 9.17) is 5.11 Å². The minimum absolute atomic E-state index is 0.207. The SMILES string of the molecule is CC(C)C[C@@H](NC(=O)c1cc2ccccc2s1)C(=O)O. The molecule has 2 rings (SSSR count). The summed E-state index contributed by atoms with van der Waals surface area (Å²) in [5, 5.41) is 12.7. The Bertz CT molecular complexity index is 600. The number of hydrogen-bond donors (Lipinski definition) is 2. The first-order valence-corrected chi connectivity index (χ1v) is 7.31. The molecule has 2 aromatic rings. The number of fused-ring (bicyclic) bond motifs is 1. The minimum atomic E-state index is -0.992. The molecule has 0 saturated heterocycles. The van der Waals surface area contributed by atoms with Gasteiger partial charge in [-0.25, -0.2) is 4.79 Å². The molecule has 0 radical (unpaired) electrons. The van der Waals surface area contributed by atoms with Crippen molar-refractivity contribution in [1.29, 1.82) is 0 Å². The van der Waals surface area contributed by atoms with E-state index in [0.717, 1.165) is 10.1 Å². The molecular formula is C15H17NO3S. The number of thiophene rings is 1. The molecule has 1 aromatic heterocycles. The number of benzene rings is 1. The standard InChI is InChI=1S/C15H17NO3S/c1-9(2)7-11(15(18)19)16-14(17)13-8-10-5-3-4-6-12(10)20-13/h3-6,8-9,11H,7H2,1-2H3,(H,16,17)(H,18,19)/t11-/m1/s1. The number of amides is 1. The molecule has 4 nitrogen and oxygen atoms in total. The number of carbonyl (C=O) groups excluding carboxylic acids is 1. The summed E-state index contributed by atoms with van der Waals surface area (Å²) in [6.45, 7) is 3.86. The number of rotatable bonds is 5. The normalized spacial score (nSPS) is 12.6. The van der Waals surface area contributed by atoms with Gasteiger partial charge in [0.2, 0.25) is 0 Å². The number of carboxylic acids is 1. The first-order chi connectivity index (χ1) is 9.47. The van der Waals surface area contributed by atoms with Crippen molar-refractivity contribution in [2.75, 3.05) is 0 Å². The minimum Gasteiger partial charge on any atom is -0.480 e. The lowest BCUT2D eigenvalue weighted by atomic mass is 10.0. The molecule has 106 valence electrons. The molecule has 0 unspecified atom stereocenters. The maximum absolute atomic E-state index is 12.1. The van der Waals surface area contributed by atoms with Crippen LogP contribution in [0.4, 0.5) is 0 Å². The lowest BCUT2D eigenvalue weighted by molar-refractivity contribution is -0.139. The maximum Gasteiger partial charge on any atom is 0.326 e. The summed E-state index contributed by atoms with van der Waals surface area (Å²) in [6.07, 6.45) is 0.423. The van der Waals surface area contributed by atoms with Crippen molar-refractivity contribution in [2.45, 2.75) is 26.3 Å². The monoisotopic (exact) mass is 291 g/mol. The third-order valence-electron chi connectivity index (χ3n) is 2.96. The lowest BCUT2D eigenvalue weighted by Gasteiger charge is -2.15. The van der Waals surface area contributed by atoms with E-state index < -0.39 is 12.0 Å². The fourth-order valence-corrected chi connectivity index (χ4v) is 2.98. The van der Waals surface area contributed by atoms with E-state index in [1.807, 2.05) is 38.1 Å². The summed E-state index contributed by atoms with van der Waals surface area (Å²) < 4.78 is 1.02. The van der Waals surface area contributed by atoms with Crippen LogP contribution in [0.3, 0.4) is 0 Å². The van der Waals surface area contributed by atoms with Crippen LogP contribution in [0.15, 0.2) is 30.3 Å². The number of nitrogens with one attached hydrogen (secondary N) is 1. The highest BCUT2D eigenvalue weighted by Gasteiger charge is 2.22. The van der Waals surface area contributed by atoms with Gasteiger partial charge in [0.05, 0.1) is 4.88 Å². The molecule has 0 aliphatic rings. The zero-order valence-corrected chi connectivity index (χ0v) is 12.2. The van der Waals surface area contributed by atoms with Crippen molar-refractivity contribution in [3.63, 3.8) is 0 Å². The van der Waals surface area contributed by atoms with Crippen molar-refractivity contribution < 1.29 is 14.7 Å². The molecule has 20 heavy (non-hydrogen) atoms. The Labute approximate surface area is 121 Å². The molecule has 0 aliphatic carbocycles. The number of carbonyl (C=O) groups is 2. The van der Waals surface area contributed by atoms with Crippen molar-refractivity contribution in [2.24, 2.45) is 5.92 Å². The van der Waals surface area contributed by atoms with Gasteiger partial charge in [-0.1, -0.05) is 32.0 Å². The van der Waals surface area contributed by atoms with Gasteiger partial charge >= 0.3 is 5.97 Å². The van der Waals surface area contributed by atoms with Crippen molar-refractivity contribution in [1.82, 2.24) is 5.32 Å². The van der Waals surface area contributed by atoms with Gasteiger partial charge in [0.15, 0.2) is 0 Å². The predicted molar refractivity (Wildman–Crippen MR) is 80.2 cm³/mol. The highest BCUT2D eigenvalue weighted by atomic mass is 32.1. The molecule has 1 aromatic carbocycles. The Morgan fingerprint density at radius 2 is 2.00 bits per heavy atom. The Balaban J connectivity index is 2.15. The average molecular weight is 291 g/mol. The molecule has 1 amide bonds. The van der Waals surface area contributed by atoms with Crippen LogP contribution in [0.2, 0.25) is 0 Å². The van der Waals surface area contributed by atoms with Crippen molar-refractivity contribution in [3.8, 4) is 0 Å². The van der Waals surface area contributed by atoms with Crippen LogP contribution in [0.1, 0.15) is 29.9 Å². The van der Waals surface area contributed by atoms with Gasteiger partial charge in [0, 0.05) is 4.70 Å². The second kappa shape index (κ2) is 6.05. The predicted octanol–water partition coefficient (Wildman–Crippen LogP) is 3.13. The average Bonchev–Trinajstić information content (AvgIpc) is 2.81. The summed E-state index contributed by atoms with van der Waals surface area (Å²) in [7, 11) is 0. The van der Waals surface area contributed by atoms with Gasteiger partial charge in [0.1, 0.15) is 6.04 Å². The van der Waals surface area contributed by atoms with E-state index in [1.165, 1.54) is 11.3 Å². The topological polar surface area (TPSA) is 66.4 Å². The smallest absolute Gasteiger partial charge is 0.326 e. The van der Waals surface area contributed by atoms with Gasteiger partial charge in [-0.2, -0.15) is 0 Å². The molecule has 0 fully saturated rings. The molecule has 0 bridgehead atoms. The maximum atomic E-state index is 12.1. The van der Waals surface area contributed by atoms with Crippen LogP contribution in [0.5, 0.6) is 0 Å². The van der Waals surface area contributed by atoms with E-state index in [1.54, 1.807) is 6.07 Å². The summed E-state index contributed by atoms with van der Waals surface area (Å²) >= 11 is 1.37. The van der Waals surface area contributed by atoms with E-state index in [0.29, 0.717) is 11.3 Å². The molecule has 5 heteroatoms. The Morgan fingerprint density at radius 3 is 2.60 bits per heavy atom. The van der Waals surface area contributed by atoms with Crippen LogP contribution < -0.4 is 5.32 Å². The van der Waals surface area contributed by atoms with Crippen LogP contribution in [-0.4, -0.2) is 23.0 Å². The van der Waals surface area contributed by atoms with Gasteiger partial charge < -0.3 is 10.4 Å². The van der Waals surface area contributed by atoms with E-state index in [2.05, 4.69) is 5.32 Å². The number of carboxylic acid groups (broad SMARTS) is 1. The molecule has 0 aliphatic heterocycles. The fraction of sp³-hybridized carbons (Fsp3) is 0.333. The van der Waals surface area contributed by atoms with E-state index in [9.17, 15) is 9.59 Å². The zero-order valence-electron chi connectivity index (χ0n) is 11.4. The molecular weight excluding hydrogens is 274 g/mol. The summed E-state index contributed by atoms with van der Waals surface area (Å²) in [6, 6.07) is 8.66. The first-order valence-electron chi connectivity index (χ1n) is 6.49. The summed E-state index contributed by atoms with van der Waals surface area (Å²) in [5.41, 5.74) is 0. The molecule has 1 atom stereocenters. The first kappa shape index (κ1) is 14.5. The zero-order chi connectivity index (χ0) is 14.7. The van der Waals surface area contributed by atoms with E-state index in [-0.39, 0.29) is 11.8 Å². The second-order valence-corrected chi connectivity index (χ2v) is 6.23. The second-order valence-electron chi connectivity index (χ2n) is 5.14. The van der Waals surface area contributed by atoms with Crippen LogP contribution in [0.25, 0.3) is 10.1 Å². The third-order valence-corrected chi connectivity index (χ3v) is 4.07. The van der Waals surface area contributed by atoms with Crippen molar-refractivity contribution in [3.05, 3.63) is 35.2 Å². The molecule has 0 spiro atoms. The molecule has 2 N–H and O–H groups in total. The molecule has 0 saturated carbocycles. The largest absolute Gasteiger partial charge is 0.480 e. The van der Waals surface area contributed by atoms with Gasteiger partial charge in [0.25, 0.3) is 5.91 Å². The Morgan fingerprint density at radius 1 is 1.30 bits per heavy atom. The fourth-order valence-electron chi connectivity index (χ4n) is 2.02. The number of aliphatic carboxylic acids is 1. The highest BCUT2D eigenvalue weighted by Crippen LogP contribution is 2.25. The van der Waals surface area contributed by atoms with Gasteiger partial charge in [-0.05, 0) is 29.9 Å². The van der Waals surface area contributed by atoms with Crippen molar-refractivity contribution >= 4 is 33.3 Å². The Hall–Kier alpha value is -1.88. The highest BCUT2D eigenvalue weighted by molar-refractivity contribution is 7.20. The van der Waals surface area contributed by atoms with Gasteiger partial charge in [-0.3, -0.25) is 4.79 Å². The Kier molecular flexibility index (Phi) is 4.39. The lowest BCUT2D eigenvalue weighted by Crippen LogP contribution is -2.41. The van der Waals surface area contributed by atoms with Gasteiger partial charge in [-0.15, -0.1) is 11.3 Å². The van der Waals surface area contributed by atoms with Crippen LogP contribution in [-0.2, 0) is 4.79 Å². The quantitative estimate of drug-likeness (QED) is 0.889. The summed E-state index contributed by atoms with van der Waals surface area (Å²) in [4.78, 5) is 23.9. The van der Waals surface area contributed by atoms with E-state index >= 15 is 0 Å². The third kappa shape index (κ3) is 3.36. The molecule has 1 heterocycles. The van der Waals surface area contributed by atoms with Crippen LogP contribution in [0, 0.1) is 5.92 Å².